The third kappa shape index (κ3) is 4.15. The molecule has 1 aromatic rings. The number of hydrogen-bond donors (Lipinski definition) is 0. The summed E-state index contributed by atoms with van der Waals surface area (Å²) in [4.78, 5) is 0. The molecule has 2 rings (SSSR count). The van der Waals surface area contributed by atoms with E-state index < -0.39 is 11.7 Å². The lowest BCUT2D eigenvalue weighted by atomic mass is 9.67. The lowest BCUT2D eigenvalue weighted by Crippen LogP contribution is -2.35. The lowest BCUT2D eigenvalue weighted by molar-refractivity contribution is -0.137. The first-order chi connectivity index (χ1) is 9.70. The smallest absolute Gasteiger partial charge is 0.166 e. The fourth-order valence-corrected chi connectivity index (χ4v) is 4.03. The van der Waals surface area contributed by atoms with Gasteiger partial charge in [-0.25, -0.2) is 0 Å². The Bertz CT molecular complexity index is 462. The van der Waals surface area contributed by atoms with Gasteiger partial charge in [0.2, 0.25) is 0 Å². The van der Waals surface area contributed by atoms with Gasteiger partial charge in [0.05, 0.1) is 5.56 Å². The Morgan fingerprint density at radius 3 is 2.33 bits per heavy atom. The molecule has 0 amide bonds. The van der Waals surface area contributed by atoms with E-state index in [1.807, 2.05) is 0 Å². The monoisotopic (exact) mass is 318 g/mol. The van der Waals surface area contributed by atoms with E-state index in [9.17, 15) is 13.2 Å². The summed E-state index contributed by atoms with van der Waals surface area (Å²) in [6.45, 7) is 4.50. The first kappa shape index (κ1) is 16.7. The van der Waals surface area contributed by atoms with Gasteiger partial charge in [0, 0.05) is 5.38 Å². The Kier molecular flexibility index (Phi) is 4.92. The molecule has 1 fully saturated rings. The molecular weight excluding hydrogens is 297 g/mol. The Hall–Kier alpha value is -0.700. The van der Waals surface area contributed by atoms with Crippen LogP contribution in [0.15, 0.2) is 24.3 Å². The van der Waals surface area contributed by atoms with Crippen LogP contribution in [0.2, 0.25) is 0 Å². The van der Waals surface area contributed by atoms with E-state index in [1.54, 1.807) is 12.1 Å². The summed E-state index contributed by atoms with van der Waals surface area (Å²) in [5.74, 6) is 0.426. The Balaban J connectivity index is 2.04. The quantitative estimate of drug-likeness (QED) is 0.593. The molecule has 2 unspecified atom stereocenters. The molecule has 1 aliphatic carbocycles. The molecule has 0 N–H and O–H groups in total. The Morgan fingerprint density at radius 2 is 1.81 bits per heavy atom. The predicted octanol–water partition coefficient (Wildman–Crippen LogP) is 6.07. The fraction of sp³-hybridized carbons (Fsp3) is 0.647. The zero-order chi connectivity index (χ0) is 15.7. The number of rotatable bonds is 3. The molecule has 0 radical (unpaired) electrons. The van der Waals surface area contributed by atoms with Crippen LogP contribution in [-0.2, 0) is 12.6 Å². The van der Waals surface area contributed by atoms with Crippen molar-refractivity contribution in [2.75, 3.05) is 0 Å². The van der Waals surface area contributed by atoms with Gasteiger partial charge in [-0.1, -0.05) is 38.8 Å². The highest BCUT2D eigenvalue weighted by Crippen LogP contribution is 2.44. The van der Waals surface area contributed by atoms with E-state index >= 15 is 0 Å². The predicted molar refractivity (Wildman–Crippen MR) is 80.5 cm³/mol. The molecule has 0 aromatic heterocycles. The minimum Gasteiger partial charge on any atom is -0.166 e. The van der Waals surface area contributed by atoms with Gasteiger partial charge in [-0.3, -0.25) is 0 Å². The maximum absolute atomic E-state index is 12.5. The second kappa shape index (κ2) is 6.20. The highest BCUT2D eigenvalue weighted by molar-refractivity contribution is 6.21. The summed E-state index contributed by atoms with van der Waals surface area (Å²) in [5.41, 5.74) is 0.496. The summed E-state index contributed by atoms with van der Waals surface area (Å²) in [6.07, 6.45) is 1.09. The summed E-state index contributed by atoms with van der Waals surface area (Å²) < 4.78 is 37.6. The van der Waals surface area contributed by atoms with Crippen molar-refractivity contribution in [2.45, 2.75) is 57.5 Å². The average Bonchev–Trinajstić information content (AvgIpc) is 2.37. The van der Waals surface area contributed by atoms with Gasteiger partial charge in [-0.05, 0) is 48.3 Å². The van der Waals surface area contributed by atoms with Crippen molar-refractivity contribution >= 4 is 11.6 Å². The van der Waals surface area contributed by atoms with Crippen molar-refractivity contribution in [3.8, 4) is 0 Å². The van der Waals surface area contributed by atoms with Gasteiger partial charge in [0.15, 0.2) is 0 Å². The standard InChI is InChI=1S/C17H22ClF3/c1-16(2)10-4-3-5-14(16)15(18)11-12-6-8-13(9-7-12)17(19,20)21/h6-9,14-15H,3-5,10-11H2,1-2H3. The molecule has 21 heavy (non-hydrogen) atoms. The minimum absolute atomic E-state index is 0.0166. The molecule has 1 aromatic carbocycles. The SMILES string of the molecule is CC1(C)CCCCC1C(Cl)Cc1ccc(C(F)(F)F)cc1. The van der Waals surface area contributed by atoms with Crippen LogP contribution >= 0.6 is 11.6 Å². The van der Waals surface area contributed by atoms with Gasteiger partial charge in [0.1, 0.15) is 0 Å². The lowest BCUT2D eigenvalue weighted by Gasteiger charge is -2.41. The van der Waals surface area contributed by atoms with E-state index in [4.69, 9.17) is 11.6 Å². The zero-order valence-electron chi connectivity index (χ0n) is 12.5. The molecule has 0 heterocycles. The van der Waals surface area contributed by atoms with Crippen molar-refractivity contribution in [3.05, 3.63) is 35.4 Å². The van der Waals surface area contributed by atoms with Crippen molar-refractivity contribution in [3.63, 3.8) is 0 Å². The van der Waals surface area contributed by atoms with Crippen molar-refractivity contribution in [2.24, 2.45) is 11.3 Å². The summed E-state index contributed by atoms with van der Waals surface area (Å²) in [7, 11) is 0. The topological polar surface area (TPSA) is 0 Å². The number of hydrogen-bond acceptors (Lipinski definition) is 0. The van der Waals surface area contributed by atoms with Crippen LogP contribution in [0.4, 0.5) is 13.2 Å². The van der Waals surface area contributed by atoms with Gasteiger partial charge in [-0.15, -0.1) is 11.6 Å². The second-order valence-electron chi connectivity index (χ2n) is 6.76. The van der Waals surface area contributed by atoms with Crippen LogP contribution in [0.5, 0.6) is 0 Å². The molecule has 0 nitrogen and oxygen atoms in total. The van der Waals surface area contributed by atoms with E-state index in [0.717, 1.165) is 24.1 Å². The van der Waals surface area contributed by atoms with Gasteiger partial charge in [0.25, 0.3) is 0 Å². The van der Waals surface area contributed by atoms with Crippen molar-refractivity contribution in [1.29, 1.82) is 0 Å². The normalized spacial score (nSPS) is 23.8. The maximum Gasteiger partial charge on any atom is 0.416 e. The molecule has 4 heteroatoms. The summed E-state index contributed by atoms with van der Waals surface area (Å²) in [6, 6.07) is 5.39. The van der Waals surface area contributed by atoms with Crippen LogP contribution in [0.25, 0.3) is 0 Å². The largest absolute Gasteiger partial charge is 0.416 e. The zero-order valence-corrected chi connectivity index (χ0v) is 13.3. The second-order valence-corrected chi connectivity index (χ2v) is 7.32. The summed E-state index contributed by atoms with van der Waals surface area (Å²) in [5, 5.41) is -0.0166. The fourth-order valence-electron chi connectivity index (χ4n) is 3.39. The average molecular weight is 319 g/mol. The number of alkyl halides is 4. The highest BCUT2D eigenvalue weighted by atomic mass is 35.5. The highest BCUT2D eigenvalue weighted by Gasteiger charge is 2.36. The van der Waals surface area contributed by atoms with Gasteiger partial charge in [-0.2, -0.15) is 13.2 Å². The first-order valence-electron chi connectivity index (χ1n) is 7.50. The van der Waals surface area contributed by atoms with E-state index in [1.165, 1.54) is 19.3 Å². The van der Waals surface area contributed by atoms with E-state index in [0.29, 0.717) is 12.3 Å². The molecule has 0 saturated heterocycles. The maximum atomic E-state index is 12.5. The molecule has 118 valence electrons. The van der Waals surface area contributed by atoms with E-state index in [-0.39, 0.29) is 10.8 Å². The third-order valence-electron chi connectivity index (χ3n) is 4.74. The molecule has 0 bridgehead atoms. The Labute approximate surface area is 129 Å². The van der Waals surface area contributed by atoms with Gasteiger partial charge < -0.3 is 0 Å². The molecular formula is C17H22ClF3. The van der Waals surface area contributed by atoms with Crippen LogP contribution in [0, 0.1) is 11.3 Å². The van der Waals surface area contributed by atoms with Crippen LogP contribution in [-0.4, -0.2) is 5.38 Å². The third-order valence-corrected chi connectivity index (χ3v) is 5.20. The van der Waals surface area contributed by atoms with Crippen LogP contribution < -0.4 is 0 Å². The molecule has 0 spiro atoms. The van der Waals surface area contributed by atoms with Crippen LogP contribution in [0.3, 0.4) is 0 Å². The first-order valence-corrected chi connectivity index (χ1v) is 7.94. The van der Waals surface area contributed by atoms with Gasteiger partial charge >= 0.3 is 6.18 Å². The van der Waals surface area contributed by atoms with Crippen molar-refractivity contribution in [1.82, 2.24) is 0 Å². The molecule has 1 saturated carbocycles. The summed E-state index contributed by atoms with van der Waals surface area (Å²) >= 11 is 6.59. The van der Waals surface area contributed by atoms with Crippen LogP contribution in [0.1, 0.15) is 50.7 Å². The molecule has 1 aliphatic rings. The number of benzene rings is 1. The molecule has 0 aliphatic heterocycles. The minimum atomic E-state index is -4.27. The van der Waals surface area contributed by atoms with Crippen molar-refractivity contribution < 1.29 is 13.2 Å². The number of halogens is 4. The molecule has 2 atom stereocenters. The Morgan fingerprint density at radius 1 is 1.19 bits per heavy atom. The van der Waals surface area contributed by atoms with E-state index in [2.05, 4.69) is 13.8 Å².